The summed E-state index contributed by atoms with van der Waals surface area (Å²) in [6.07, 6.45) is 4.47. The van der Waals surface area contributed by atoms with E-state index in [2.05, 4.69) is 35.8 Å². The number of aromatic hydroxyl groups is 1. The predicted octanol–water partition coefficient (Wildman–Crippen LogP) is 5.65. The van der Waals surface area contributed by atoms with Gasteiger partial charge in [-0.25, -0.2) is 15.0 Å². The van der Waals surface area contributed by atoms with Gasteiger partial charge in [0.25, 0.3) is 11.8 Å². The fourth-order valence-electron chi connectivity index (χ4n) is 3.60. The molecule has 2 amide bonds. The molecule has 3 N–H and O–H groups in total. The van der Waals surface area contributed by atoms with Crippen LogP contribution in [0.15, 0.2) is 108 Å². The van der Waals surface area contributed by atoms with Crippen molar-refractivity contribution >= 4 is 45.7 Å². The maximum atomic E-state index is 13.0. The van der Waals surface area contributed by atoms with Crippen molar-refractivity contribution in [1.29, 1.82) is 0 Å². The number of hydrogen-bond donors (Lipinski definition) is 3. The Morgan fingerprint density at radius 3 is 2.22 bits per heavy atom. The average molecular weight is 489 g/mol. The lowest BCUT2D eigenvalue weighted by molar-refractivity contribution is 0.101. The van der Waals surface area contributed by atoms with Crippen LogP contribution < -0.4 is 10.6 Å². The Hall–Kier alpha value is -5.51. The Bertz CT molecular complexity index is 1620. The monoisotopic (exact) mass is 489 g/mol. The molecular formula is C27H19N7O3. The minimum Gasteiger partial charge on any atom is -0.505 e. The topological polar surface area (TPSA) is 142 Å². The lowest BCUT2D eigenvalue weighted by Crippen LogP contribution is -2.14. The van der Waals surface area contributed by atoms with E-state index >= 15 is 0 Å². The average Bonchev–Trinajstić information content (AvgIpc) is 2.93. The molecule has 5 rings (SSSR count). The highest BCUT2D eigenvalue weighted by molar-refractivity contribution is 6.11. The summed E-state index contributed by atoms with van der Waals surface area (Å²) >= 11 is 0. The number of nitrogens with one attached hydrogen (secondary N) is 2. The summed E-state index contributed by atoms with van der Waals surface area (Å²) in [7, 11) is 0. The molecule has 10 nitrogen and oxygen atoms in total. The first kappa shape index (κ1) is 23.2. The Morgan fingerprint density at radius 1 is 0.703 bits per heavy atom. The number of para-hydroxylation sites is 1. The fourth-order valence-corrected chi connectivity index (χ4v) is 3.60. The molecule has 0 aliphatic carbocycles. The standard InChI is InChI=1S/C27H19N7O3/c35-23-21(26(37)31-18-9-2-1-3-10-18)16-17-8-4-5-11-19(17)22(23)33-34-24-20(12-6-13-28-24)25(36)32-27-29-14-7-15-30-27/h1-16,35H,(H,31,37)(H,29,30,32,36)/b34-33+. The number of amides is 2. The Labute approximate surface area is 210 Å². The van der Waals surface area contributed by atoms with Crippen LogP contribution in [0.2, 0.25) is 0 Å². The zero-order valence-corrected chi connectivity index (χ0v) is 19.2. The van der Waals surface area contributed by atoms with E-state index in [0.29, 0.717) is 16.5 Å². The third-order valence-electron chi connectivity index (χ3n) is 5.34. The van der Waals surface area contributed by atoms with Crippen molar-refractivity contribution < 1.29 is 14.7 Å². The minimum atomic E-state index is -0.529. The number of carbonyl (C=O) groups excluding carboxylic acids is 2. The first-order valence-corrected chi connectivity index (χ1v) is 11.2. The number of benzene rings is 3. The second-order valence-corrected chi connectivity index (χ2v) is 7.76. The second kappa shape index (κ2) is 10.4. The van der Waals surface area contributed by atoms with E-state index in [1.165, 1.54) is 24.7 Å². The molecule has 37 heavy (non-hydrogen) atoms. The summed E-state index contributed by atoms with van der Waals surface area (Å²) in [5.41, 5.74) is 0.798. The van der Waals surface area contributed by atoms with Crippen LogP contribution in [0.5, 0.6) is 5.75 Å². The number of rotatable bonds is 6. The fraction of sp³-hybridized carbons (Fsp3) is 0. The number of hydrogen-bond acceptors (Lipinski definition) is 8. The number of nitrogens with zero attached hydrogens (tertiary/aromatic N) is 5. The Kier molecular flexibility index (Phi) is 6.53. The molecule has 0 aliphatic rings. The van der Waals surface area contributed by atoms with E-state index < -0.39 is 11.8 Å². The second-order valence-electron chi connectivity index (χ2n) is 7.76. The molecule has 0 atom stereocenters. The third kappa shape index (κ3) is 5.13. The van der Waals surface area contributed by atoms with Gasteiger partial charge < -0.3 is 10.4 Å². The molecule has 10 heteroatoms. The highest BCUT2D eigenvalue weighted by atomic mass is 16.3. The van der Waals surface area contributed by atoms with E-state index in [1.54, 1.807) is 60.7 Å². The lowest BCUT2D eigenvalue weighted by atomic mass is 10.0. The summed E-state index contributed by atoms with van der Waals surface area (Å²) in [6, 6.07) is 22.4. The molecule has 0 saturated carbocycles. The largest absolute Gasteiger partial charge is 0.505 e. The van der Waals surface area contributed by atoms with Gasteiger partial charge >= 0.3 is 0 Å². The zero-order chi connectivity index (χ0) is 25.6. The van der Waals surface area contributed by atoms with Gasteiger partial charge in [0.2, 0.25) is 5.95 Å². The highest BCUT2D eigenvalue weighted by Crippen LogP contribution is 2.39. The van der Waals surface area contributed by atoms with Crippen molar-refractivity contribution in [1.82, 2.24) is 15.0 Å². The van der Waals surface area contributed by atoms with Gasteiger partial charge in [-0.15, -0.1) is 10.2 Å². The van der Waals surface area contributed by atoms with Crippen molar-refractivity contribution in [2.45, 2.75) is 0 Å². The van der Waals surface area contributed by atoms with Gasteiger partial charge in [-0.05, 0) is 41.8 Å². The highest BCUT2D eigenvalue weighted by Gasteiger charge is 2.19. The van der Waals surface area contributed by atoms with Crippen molar-refractivity contribution in [2.24, 2.45) is 10.2 Å². The number of carbonyl (C=O) groups is 2. The van der Waals surface area contributed by atoms with Crippen LogP contribution >= 0.6 is 0 Å². The summed E-state index contributed by atoms with van der Waals surface area (Å²) in [4.78, 5) is 37.9. The number of aromatic nitrogens is 3. The molecule has 180 valence electrons. The van der Waals surface area contributed by atoms with Gasteiger partial charge in [-0.1, -0.05) is 42.5 Å². The Morgan fingerprint density at radius 2 is 1.41 bits per heavy atom. The normalized spacial score (nSPS) is 10.9. The van der Waals surface area contributed by atoms with E-state index in [9.17, 15) is 14.7 Å². The summed E-state index contributed by atoms with van der Waals surface area (Å²) in [6.45, 7) is 0. The molecule has 3 aromatic carbocycles. The van der Waals surface area contributed by atoms with Gasteiger partial charge in [0.15, 0.2) is 11.6 Å². The quantitative estimate of drug-likeness (QED) is 0.263. The van der Waals surface area contributed by atoms with Gasteiger partial charge in [0.1, 0.15) is 5.69 Å². The third-order valence-corrected chi connectivity index (χ3v) is 5.34. The molecule has 0 saturated heterocycles. The van der Waals surface area contributed by atoms with E-state index in [4.69, 9.17) is 0 Å². The SMILES string of the molecule is O=C(Nc1ncccn1)c1cccnc1/N=N/c1c(O)c(C(=O)Nc2ccccc2)cc2ccccc12. The molecule has 0 bridgehead atoms. The number of phenolic OH excluding ortho intramolecular Hbond substituents is 1. The van der Waals surface area contributed by atoms with Crippen LogP contribution in [-0.2, 0) is 0 Å². The van der Waals surface area contributed by atoms with Crippen molar-refractivity contribution in [3.8, 4) is 5.75 Å². The summed E-state index contributed by atoms with van der Waals surface area (Å²) < 4.78 is 0. The molecule has 0 aliphatic heterocycles. The molecule has 2 aromatic heterocycles. The first-order chi connectivity index (χ1) is 18.1. The van der Waals surface area contributed by atoms with Crippen molar-refractivity contribution in [2.75, 3.05) is 10.6 Å². The van der Waals surface area contributed by atoms with Crippen LogP contribution in [-0.4, -0.2) is 31.9 Å². The van der Waals surface area contributed by atoms with E-state index in [-0.39, 0.29) is 34.3 Å². The van der Waals surface area contributed by atoms with Crippen LogP contribution in [0.3, 0.4) is 0 Å². The maximum absolute atomic E-state index is 13.0. The van der Waals surface area contributed by atoms with Crippen molar-refractivity contribution in [3.63, 3.8) is 0 Å². The van der Waals surface area contributed by atoms with Gasteiger partial charge in [0.05, 0.1) is 11.1 Å². The number of phenols is 1. The number of fused-ring (bicyclic) bond motifs is 1. The summed E-state index contributed by atoms with van der Waals surface area (Å²) in [5.74, 6) is -1.25. The molecule has 0 fully saturated rings. The van der Waals surface area contributed by atoms with Gasteiger partial charge in [-0.3, -0.25) is 14.9 Å². The molecular weight excluding hydrogens is 470 g/mol. The number of azo groups is 1. The van der Waals surface area contributed by atoms with Crippen LogP contribution in [0.1, 0.15) is 20.7 Å². The molecule has 0 spiro atoms. The summed E-state index contributed by atoms with van der Waals surface area (Å²) in [5, 5.41) is 26.0. The van der Waals surface area contributed by atoms with Crippen LogP contribution in [0.4, 0.5) is 23.1 Å². The van der Waals surface area contributed by atoms with Crippen LogP contribution in [0, 0.1) is 0 Å². The van der Waals surface area contributed by atoms with Gasteiger partial charge in [-0.2, -0.15) is 0 Å². The number of anilines is 2. The van der Waals surface area contributed by atoms with Crippen LogP contribution in [0.25, 0.3) is 10.8 Å². The maximum Gasteiger partial charge on any atom is 0.261 e. The molecule has 0 unspecified atom stereocenters. The van der Waals surface area contributed by atoms with Gasteiger partial charge in [0, 0.05) is 29.7 Å². The smallest absolute Gasteiger partial charge is 0.261 e. The van der Waals surface area contributed by atoms with E-state index in [1.807, 2.05) is 12.1 Å². The molecule has 0 radical (unpaired) electrons. The first-order valence-electron chi connectivity index (χ1n) is 11.2. The van der Waals surface area contributed by atoms with E-state index in [0.717, 1.165) is 0 Å². The van der Waals surface area contributed by atoms with Crippen molar-refractivity contribution in [3.05, 3.63) is 109 Å². The molecule has 5 aromatic rings. The predicted molar refractivity (Wildman–Crippen MR) is 138 cm³/mol. The zero-order valence-electron chi connectivity index (χ0n) is 19.2. The number of pyridine rings is 1. The molecule has 2 heterocycles. The lowest BCUT2D eigenvalue weighted by Gasteiger charge is -2.11. The minimum absolute atomic E-state index is 0.0125. The Balaban J connectivity index is 1.52.